The van der Waals surface area contributed by atoms with Gasteiger partial charge in [0, 0.05) is 5.92 Å². The number of benzene rings is 1. The van der Waals surface area contributed by atoms with E-state index in [0.717, 1.165) is 18.9 Å². The highest BCUT2D eigenvalue weighted by atomic mass is 32.2. The Kier molecular flexibility index (Phi) is 4.88. The lowest BCUT2D eigenvalue weighted by atomic mass is 9.90. The summed E-state index contributed by atoms with van der Waals surface area (Å²) in [5.74, 6) is -1.28. The molecule has 5 nitrogen and oxygen atoms in total. The average molecular weight is 352 g/mol. The van der Waals surface area contributed by atoms with E-state index in [1.165, 1.54) is 19.2 Å². The smallest absolute Gasteiger partial charge is 0.469 e. The molecular formula is C14H15F3O5S. The van der Waals surface area contributed by atoms with E-state index < -0.39 is 33.3 Å². The van der Waals surface area contributed by atoms with Gasteiger partial charge in [0.15, 0.2) is 0 Å². The number of carbonyl (C=O) groups is 1. The van der Waals surface area contributed by atoms with Crippen LogP contribution < -0.4 is 4.18 Å². The normalized spacial score (nSPS) is 16.7. The van der Waals surface area contributed by atoms with Crippen LogP contribution in [-0.2, 0) is 19.6 Å². The van der Waals surface area contributed by atoms with E-state index in [4.69, 9.17) is 0 Å². The Bertz CT molecular complexity index is 680. The van der Waals surface area contributed by atoms with Gasteiger partial charge in [0.2, 0.25) is 0 Å². The number of methoxy groups -OCH3 is 1. The molecule has 1 atom stereocenters. The van der Waals surface area contributed by atoms with E-state index in [-0.39, 0.29) is 17.9 Å². The summed E-state index contributed by atoms with van der Waals surface area (Å²) in [6.45, 7) is 0. The molecule has 1 aliphatic rings. The highest BCUT2D eigenvalue weighted by molar-refractivity contribution is 7.88. The lowest BCUT2D eigenvalue weighted by Crippen LogP contribution is -2.28. The van der Waals surface area contributed by atoms with Crippen LogP contribution in [0.25, 0.3) is 0 Å². The molecule has 2 rings (SSSR count). The molecule has 0 aliphatic heterocycles. The molecule has 1 aliphatic carbocycles. The molecule has 0 aromatic heterocycles. The number of para-hydroxylation sites is 1. The number of rotatable bonds is 6. The van der Waals surface area contributed by atoms with Gasteiger partial charge in [-0.3, -0.25) is 4.79 Å². The van der Waals surface area contributed by atoms with Gasteiger partial charge in [-0.1, -0.05) is 18.2 Å². The largest absolute Gasteiger partial charge is 0.534 e. The van der Waals surface area contributed by atoms with Crippen molar-refractivity contribution < 1.29 is 35.3 Å². The van der Waals surface area contributed by atoms with E-state index >= 15 is 0 Å². The molecule has 9 heteroatoms. The fourth-order valence-corrected chi connectivity index (χ4v) is 2.80. The highest BCUT2D eigenvalue weighted by Gasteiger charge is 2.49. The van der Waals surface area contributed by atoms with Gasteiger partial charge < -0.3 is 8.92 Å². The van der Waals surface area contributed by atoms with Crippen LogP contribution in [0, 0.1) is 5.92 Å². The van der Waals surface area contributed by atoms with Gasteiger partial charge in [0.25, 0.3) is 0 Å². The van der Waals surface area contributed by atoms with Crippen molar-refractivity contribution in [2.75, 3.05) is 7.11 Å². The molecule has 23 heavy (non-hydrogen) atoms. The van der Waals surface area contributed by atoms with Crippen molar-refractivity contribution in [3.05, 3.63) is 29.8 Å². The lowest BCUT2D eigenvalue weighted by molar-refractivity contribution is -0.141. The van der Waals surface area contributed by atoms with Crippen LogP contribution in [0.3, 0.4) is 0 Å². The number of carbonyl (C=O) groups excluding carboxylic acids is 1. The van der Waals surface area contributed by atoms with Crippen LogP contribution in [0.15, 0.2) is 24.3 Å². The van der Waals surface area contributed by atoms with Crippen molar-refractivity contribution in [2.24, 2.45) is 5.92 Å². The minimum Gasteiger partial charge on any atom is -0.469 e. The quantitative estimate of drug-likeness (QED) is 0.447. The number of halogens is 3. The second-order valence-electron chi connectivity index (χ2n) is 5.25. The zero-order chi connectivity index (χ0) is 17.3. The van der Waals surface area contributed by atoms with E-state index in [0.29, 0.717) is 0 Å². The number of hydrogen-bond donors (Lipinski definition) is 0. The first-order valence-corrected chi connectivity index (χ1v) is 8.23. The third-order valence-electron chi connectivity index (χ3n) is 3.61. The molecule has 1 aromatic rings. The van der Waals surface area contributed by atoms with Crippen LogP contribution in [0.1, 0.15) is 30.7 Å². The monoisotopic (exact) mass is 352 g/mol. The van der Waals surface area contributed by atoms with Crippen molar-refractivity contribution in [1.29, 1.82) is 0 Å². The van der Waals surface area contributed by atoms with Gasteiger partial charge in [-0.05, 0) is 30.4 Å². The molecule has 1 unspecified atom stereocenters. The Morgan fingerprint density at radius 1 is 1.30 bits per heavy atom. The Morgan fingerprint density at radius 3 is 2.43 bits per heavy atom. The summed E-state index contributed by atoms with van der Waals surface area (Å²) in [6.07, 6.45) is 1.57. The Hall–Kier alpha value is -1.77. The zero-order valence-electron chi connectivity index (χ0n) is 12.2. The van der Waals surface area contributed by atoms with Gasteiger partial charge >= 0.3 is 21.6 Å². The van der Waals surface area contributed by atoms with Gasteiger partial charge in [0.05, 0.1) is 13.5 Å². The summed E-state index contributed by atoms with van der Waals surface area (Å²) < 4.78 is 68.8. The van der Waals surface area contributed by atoms with E-state index in [1.807, 2.05) is 0 Å². The first kappa shape index (κ1) is 17.6. The average Bonchev–Trinajstić information content (AvgIpc) is 3.28. The maximum atomic E-state index is 12.5. The fourth-order valence-electron chi connectivity index (χ4n) is 2.32. The van der Waals surface area contributed by atoms with Crippen LogP contribution in [-0.4, -0.2) is 27.0 Å². The second-order valence-corrected chi connectivity index (χ2v) is 6.78. The summed E-state index contributed by atoms with van der Waals surface area (Å²) in [4.78, 5) is 11.5. The minimum atomic E-state index is -5.76. The van der Waals surface area contributed by atoms with Crippen molar-refractivity contribution >= 4 is 16.1 Å². The fraction of sp³-hybridized carbons (Fsp3) is 0.500. The SMILES string of the molecule is COC(=O)CC(c1ccccc1OS(=O)(=O)C(F)(F)F)C1CC1. The van der Waals surface area contributed by atoms with Crippen LogP contribution >= 0.6 is 0 Å². The molecule has 1 saturated carbocycles. The zero-order valence-corrected chi connectivity index (χ0v) is 13.0. The maximum Gasteiger partial charge on any atom is 0.534 e. The summed E-state index contributed by atoms with van der Waals surface area (Å²) in [6, 6.07) is 5.53. The minimum absolute atomic E-state index is 0.0480. The van der Waals surface area contributed by atoms with Crippen molar-refractivity contribution in [3.8, 4) is 5.75 Å². The predicted molar refractivity (Wildman–Crippen MR) is 74.1 cm³/mol. The van der Waals surface area contributed by atoms with Crippen molar-refractivity contribution in [1.82, 2.24) is 0 Å². The standard InChI is InChI=1S/C14H15F3O5S/c1-21-13(18)8-11(9-6-7-9)10-4-2-3-5-12(10)22-23(19,20)14(15,16)17/h2-5,9,11H,6-8H2,1H3. The summed E-state index contributed by atoms with van der Waals surface area (Å²) >= 11 is 0. The molecule has 0 heterocycles. The van der Waals surface area contributed by atoms with Crippen LogP contribution in [0.5, 0.6) is 5.75 Å². The summed E-state index contributed by atoms with van der Waals surface area (Å²) in [5, 5.41) is 0. The topological polar surface area (TPSA) is 69.7 Å². The number of ether oxygens (including phenoxy) is 1. The second kappa shape index (κ2) is 6.38. The first-order valence-electron chi connectivity index (χ1n) is 6.82. The lowest BCUT2D eigenvalue weighted by Gasteiger charge is -2.19. The number of hydrogen-bond acceptors (Lipinski definition) is 5. The molecule has 0 N–H and O–H groups in total. The molecule has 0 spiro atoms. The van der Waals surface area contributed by atoms with Gasteiger partial charge in [-0.15, -0.1) is 0 Å². The van der Waals surface area contributed by atoms with Gasteiger partial charge in [-0.2, -0.15) is 21.6 Å². The highest BCUT2D eigenvalue weighted by Crippen LogP contribution is 2.47. The molecule has 1 fully saturated rings. The molecule has 1 aromatic carbocycles. The van der Waals surface area contributed by atoms with E-state index in [1.54, 1.807) is 6.07 Å². The Morgan fingerprint density at radius 2 is 1.91 bits per heavy atom. The molecular weight excluding hydrogens is 337 g/mol. The Labute approximate surface area is 131 Å². The molecule has 128 valence electrons. The predicted octanol–water partition coefficient (Wildman–Crippen LogP) is 2.97. The maximum absolute atomic E-state index is 12.5. The van der Waals surface area contributed by atoms with Crippen LogP contribution in [0.2, 0.25) is 0 Å². The third-order valence-corrected chi connectivity index (χ3v) is 4.57. The molecule has 0 bridgehead atoms. The summed E-state index contributed by atoms with van der Waals surface area (Å²) in [7, 11) is -4.55. The molecule has 0 amide bonds. The first-order chi connectivity index (χ1) is 10.7. The van der Waals surface area contributed by atoms with E-state index in [9.17, 15) is 26.4 Å². The third kappa shape index (κ3) is 4.15. The van der Waals surface area contributed by atoms with Crippen molar-refractivity contribution in [3.63, 3.8) is 0 Å². The van der Waals surface area contributed by atoms with E-state index in [2.05, 4.69) is 8.92 Å². The molecule has 0 saturated heterocycles. The van der Waals surface area contributed by atoms with Gasteiger partial charge in [0.1, 0.15) is 5.75 Å². The number of alkyl halides is 3. The Balaban J connectivity index is 2.34. The van der Waals surface area contributed by atoms with Gasteiger partial charge in [-0.25, -0.2) is 0 Å². The van der Waals surface area contributed by atoms with Crippen molar-refractivity contribution in [2.45, 2.75) is 30.7 Å². The molecule has 0 radical (unpaired) electrons. The van der Waals surface area contributed by atoms with Crippen LogP contribution in [0.4, 0.5) is 13.2 Å². The number of esters is 1. The summed E-state index contributed by atoms with van der Waals surface area (Å²) in [5.41, 5.74) is -5.26.